The maximum absolute atomic E-state index is 11.9. The number of nitrogens with one attached hydrogen (secondary N) is 2. The van der Waals surface area contributed by atoms with Crippen molar-refractivity contribution in [3.8, 4) is 0 Å². The monoisotopic (exact) mass is 332 g/mol. The van der Waals surface area contributed by atoms with Crippen LogP contribution < -0.4 is 10.0 Å². The molecule has 6 heteroatoms. The molecule has 5 nitrogen and oxygen atoms in total. The van der Waals surface area contributed by atoms with E-state index in [1.54, 1.807) is 19.1 Å². The van der Waals surface area contributed by atoms with Gasteiger partial charge in [0.25, 0.3) is 0 Å². The third-order valence-corrected chi connectivity index (χ3v) is 4.83. The number of rotatable bonds is 7. The van der Waals surface area contributed by atoms with Gasteiger partial charge < -0.3 is 5.32 Å². The van der Waals surface area contributed by atoms with Crippen LogP contribution in [-0.2, 0) is 21.2 Å². The van der Waals surface area contributed by atoms with Crippen LogP contribution in [0.2, 0.25) is 0 Å². The van der Waals surface area contributed by atoms with Gasteiger partial charge >= 0.3 is 0 Å². The molecule has 0 fully saturated rings. The topological polar surface area (TPSA) is 75.3 Å². The van der Waals surface area contributed by atoms with Gasteiger partial charge in [-0.05, 0) is 36.2 Å². The lowest BCUT2D eigenvalue weighted by molar-refractivity contribution is -0.116. The maximum Gasteiger partial charge on any atom is 0.240 e. The summed E-state index contributed by atoms with van der Waals surface area (Å²) >= 11 is 0. The molecule has 0 saturated carbocycles. The second-order valence-electron chi connectivity index (χ2n) is 5.06. The molecule has 0 aliphatic carbocycles. The van der Waals surface area contributed by atoms with Crippen LogP contribution >= 0.6 is 0 Å². The zero-order valence-electron chi connectivity index (χ0n) is 13.0. The highest BCUT2D eigenvalue weighted by Crippen LogP contribution is 2.14. The number of benzene rings is 2. The number of sulfonamides is 1. The molecule has 0 atom stereocenters. The molecule has 2 aromatic carbocycles. The summed E-state index contributed by atoms with van der Waals surface area (Å²) < 4.78 is 26.1. The first-order chi connectivity index (χ1) is 11.0. The summed E-state index contributed by atoms with van der Waals surface area (Å²) in [5.41, 5.74) is 1.69. The molecule has 0 aliphatic heterocycles. The first-order valence-electron chi connectivity index (χ1n) is 7.45. The largest absolute Gasteiger partial charge is 0.326 e. The molecule has 0 radical (unpaired) electrons. The van der Waals surface area contributed by atoms with Gasteiger partial charge in [-0.1, -0.05) is 37.3 Å². The Kier molecular flexibility index (Phi) is 5.90. The Morgan fingerprint density at radius 2 is 1.65 bits per heavy atom. The normalized spacial score (nSPS) is 11.2. The fourth-order valence-corrected chi connectivity index (χ4v) is 3.16. The molecule has 0 saturated heterocycles. The van der Waals surface area contributed by atoms with Gasteiger partial charge in [-0.2, -0.15) is 0 Å². The fraction of sp³-hybridized carbons (Fsp3) is 0.235. The first kappa shape index (κ1) is 17.2. The van der Waals surface area contributed by atoms with Crippen LogP contribution in [0.3, 0.4) is 0 Å². The Hall–Kier alpha value is -2.18. The number of carbonyl (C=O) groups excluding carboxylic acids is 1. The van der Waals surface area contributed by atoms with Crippen LogP contribution in [0.5, 0.6) is 0 Å². The van der Waals surface area contributed by atoms with Gasteiger partial charge in [0.1, 0.15) is 0 Å². The van der Waals surface area contributed by atoms with Crippen LogP contribution in [-0.4, -0.2) is 20.9 Å². The Bertz CT molecular complexity index is 741. The Labute approximate surface area is 136 Å². The van der Waals surface area contributed by atoms with Gasteiger partial charge in [-0.25, -0.2) is 13.1 Å². The van der Waals surface area contributed by atoms with Gasteiger partial charge in [0.05, 0.1) is 4.90 Å². The van der Waals surface area contributed by atoms with Crippen LogP contribution in [0, 0.1) is 0 Å². The fourth-order valence-electron chi connectivity index (χ4n) is 2.12. The lowest BCUT2D eigenvalue weighted by atomic mass is 10.1. The predicted molar refractivity (Wildman–Crippen MR) is 90.7 cm³/mol. The summed E-state index contributed by atoms with van der Waals surface area (Å²) in [5, 5.41) is 2.77. The quantitative estimate of drug-likeness (QED) is 0.818. The summed E-state index contributed by atoms with van der Waals surface area (Å²) in [6.07, 6.45) is 1.04. The highest BCUT2D eigenvalue weighted by Gasteiger charge is 2.12. The second-order valence-corrected chi connectivity index (χ2v) is 6.83. The molecule has 0 aromatic heterocycles. The van der Waals surface area contributed by atoms with E-state index in [1.807, 2.05) is 30.3 Å². The van der Waals surface area contributed by atoms with Gasteiger partial charge in [0, 0.05) is 18.7 Å². The van der Waals surface area contributed by atoms with Crippen molar-refractivity contribution in [2.24, 2.45) is 0 Å². The van der Waals surface area contributed by atoms with E-state index in [1.165, 1.54) is 12.1 Å². The van der Waals surface area contributed by atoms with Crippen molar-refractivity contribution in [1.29, 1.82) is 0 Å². The first-order valence-corrected chi connectivity index (χ1v) is 8.93. The minimum absolute atomic E-state index is 0.101. The minimum atomic E-state index is -3.46. The molecule has 0 spiro atoms. The smallest absolute Gasteiger partial charge is 0.240 e. The lowest BCUT2D eigenvalue weighted by Crippen LogP contribution is -2.23. The average molecular weight is 332 g/mol. The molecule has 122 valence electrons. The van der Waals surface area contributed by atoms with Crippen molar-refractivity contribution >= 4 is 21.6 Å². The van der Waals surface area contributed by atoms with Crippen LogP contribution in [0.25, 0.3) is 0 Å². The molecular weight excluding hydrogens is 312 g/mol. The van der Waals surface area contributed by atoms with E-state index in [4.69, 9.17) is 0 Å². The molecule has 2 aromatic rings. The molecule has 0 bridgehead atoms. The number of amides is 1. The van der Waals surface area contributed by atoms with Crippen LogP contribution in [0.1, 0.15) is 18.9 Å². The van der Waals surface area contributed by atoms with E-state index < -0.39 is 10.0 Å². The number of hydrogen-bond acceptors (Lipinski definition) is 3. The van der Waals surface area contributed by atoms with Crippen molar-refractivity contribution in [3.63, 3.8) is 0 Å². The number of aryl methyl sites for hydroxylation is 1. The third-order valence-electron chi connectivity index (χ3n) is 3.27. The van der Waals surface area contributed by atoms with Gasteiger partial charge in [-0.15, -0.1) is 0 Å². The molecule has 2 rings (SSSR count). The lowest BCUT2D eigenvalue weighted by Gasteiger charge is -2.08. The van der Waals surface area contributed by atoms with E-state index in [-0.39, 0.29) is 10.8 Å². The van der Waals surface area contributed by atoms with E-state index in [2.05, 4.69) is 10.0 Å². The van der Waals surface area contributed by atoms with Gasteiger partial charge in [0.2, 0.25) is 15.9 Å². The Morgan fingerprint density at radius 1 is 1.00 bits per heavy atom. The number of carbonyl (C=O) groups is 1. The SMILES string of the molecule is CCNS(=O)(=O)c1ccc(NC(=O)CCc2ccccc2)cc1. The second kappa shape index (κ2) is 7.89. The standard InChI is InChI=1S/C17H20N2O3S/c1-2-18-23(21,22)16-11-9-15(10-12-16)19-17(20)13-8-14-6-4-3-5-7-14/h3-7,9-12,18H,2,8,13H2,1H3,(H,19,20). The van der Waals surface area contributed by atoms with Gasteiger partial charge in [0.15, 0.2) is 0 Å². The van der Waals surface area contributed by atoms with Crippen molar-refractivity contribution in [2.75, 3.05) is 11.9 Å². The zero-order chi connectivity index (χ0) is 16.7. The summed E-state index contributed by atoms with van der Waals surface area (Å²) in [7, 11) is -3.46. The predicted octanol–water partition coefficient (Wildman–Crippen LogP) is 2.56. The molecule has 0 unspecified atom stereocenters. The molecule has 23 heavy (non-hydrogen) atoms. The highest BCUT2D eigenvalue weighted by molar-refractivity contribution is 7.89. The Balaban J connectivity index is 1.92. The summed E-state index contributed by atoms with van der Waals surface area (Å²) in [6.45, 7) is 2.05. The summed E-state index contributed by atoms with van der Waals surface area (Å²) in [4.78, 5) is 12.1. The van der Waals surface area contributed by atoms with Crippen molar-refractivity contribution < 1.29 is 13.2 Å². The summed E-state index contributed by atoms with van der Waals surface area (Å²) in [5.74, 6) is -0.101. The van der Waals surface area contributed by atoms with E-state index >= 15 is 0 Å². The van der Waals surface area contributed by atoms with E-state index in [0.29, 0.717) is 25.1 Å². The Morgan fingerprint density at radius 3 is 2.26 bits per heavy atom. The minimum Gasteiger partial charge on any atom is -0.326 e. The van der Waals surface area contributed by atoms with Crippen molar-refractivity contribution in [1.82, 2.24) is 4.72 Å². The number of hydrogen-bond donors (Lipinski definition) is 2. The summed E-state index contributed by atoms with van der Waals surface area (Å²) in [6, 6.07) is 15.9. The highest BCUT2D eigenvalue weighted by atomic mass is 32.2. The molecule has 1 amide bonds. The average Bonchev–Trinajstić information content (AvgIpc) is 2.54. The third kappa shape index (κ3) is 5.19. The van der Waals surface area contributed by atoms with E-state index in [9.17, 15) is 13.2 Å². The number of anilines is 1. The van der Waals surface area contributed by atoms with Crippen molar-refractivity contribution in [2.45, 2.75) is 24.7 Å². The van der Waals surface area contributed by atoms with Crippen LogP contribution in [0.4, 0.5) is 5.69 Å². The van der Waals surface area contributed by atoms with Crippen LogP contribution in [0.15, 0.2) is 59.5 Å². The van der Waals surface area contributed by atoms with Gasteiger partial charge in [-0.3, -0.25) is 4.79 Å². The van der Waals surface area contributed by atoms with E-state index in [0.717, 1.165) is 5.56 Å². The molecule has 0 heterocycles. The molecule has 2 N–H and O–H groups in total. The van der Waals surface area contributed by atoms with Crippen molar-refractivity contribution in [3.05, 3.63) is 60.2 Å². The maximum atomic E-state index is 11.9. The zero-order valence-corrected chi connectivity index (χ0v) is 13.8. The molecular formula is C17H20N2O3S. The molecule has 0 aliphatic rings.